The predicted octanol–water partition coefficient (Wildman–Crippen LogP) is 5.91. The van der Waals surface area contributed by atoms with Gasteiger partial charge in [-0.1, -0.05) is 47.5 Å². The zero-order chi connectivity index (χ0) is 18.1. The fraction of sp³-hybridized carbons (Fsp3) is 0.143. The van der Waals surface area contributed by atoms with Crippen LogP contribution in [0.1, 0.15) is 29.7 Å². The summed E-state index contributed by atoms with van der Waals surface area (Å²) in [5.74, 6) is 0.276. The largest absolute Gasteiger partial charge is 0.368 e. The van der Waals surface area contributed by atoms with Crippen molar-refractivity contribution < 1.29 is 0 Å². The van der Waals surface area contributed by atoms with Gasteiger partial charge >= 0.3 is 0 Å². The molecular weight excluding hydrogens is 365 g/mol. The molecule has 0 unspecified atom stereocenters. The van der Waals surface area contributed by atoms with E-state index in [1.165, 1.54) is 0 Å². The summed E-state index contributed by atoms with van der Waals surface area (Å²) in [6.07, 6.45) is 5.05. The number of benzene rings is 2. The summed E-state index contributed by atoms with van der Waals surface area (Å²) in [6.45, 7) is 0. The van der Waals surface area contributed by atoms with Gasteiger partial charge in [0.1, 0.15) is 0 Å². The summed E-state index contributed by atoms with van der Waals surface area (Å²) in [6, 6.07) is 15.5. The molecule has 2 aromatic carbocycles. The van der Waals surface area contributed by atoms with Gasteiger partial charge in [-0.3, -0.25) is 0 Å². The zero-order valence-corrected chi connectivity index (χ0v) is 15.6. The quantitative estimate of drug-likeness (QED) is 0.600. The molecule has 0 amide bonds. The van der Waals surface area contributed by atoms with E-state index < -0.39 is 0 Å². The van der Waals surface area contributed by atoms with E-state index in [1.54, 1.807) is 0 Å². The second-order valence-electron chi connectivity index (χ2n) is 6.35. The van der Waals surface area contributed by atoms with Crippen LogP contribution in [0.5, 0.6) is 0 Å². The number of aromatic nitrogens is 2. The molecule has 2 N–H and O–H groups in total. The van der Waals surface area contributed by atoms with Crippen molar-refractivity contribution >= 4 is 40.8 Å². The Morgan fingerprint density at radius 1 is 0.885 bits per heavy atom. The fourth-order valence-corrected chi connectivity index (χ4v) is 3.78. The molecular formula is C21H17Cl2N3. The van der Waals surface area contributed by atoms with E-state index in [4.69, 9.17) is 28.9 Å². The van der Waals surface area contributed by atoms with Gasteiger partial charge in [0.15, 0.2) is 0 Å². The molecule has 0 fully saturated rings. The molecule has 1 aromatic heterocycles. The molecule has 0 saturated carbocycles. The number of nitrogens with zero attached hydrogens (tertiary/aromatic N) is 2. The summed E-state index contributed by atoms with van der Waals surface area (Å²) < 4.78 is 0. The summed E-state index contributed by atoms with van der Waals surface area (Å²) in [7, 11) is 0. The van der Waals surface area contributed by atoms with Gasteiger partial charge in [-0.15, -0.1) is 0 Å². The van der Waals surface area contributed by atoms with Crippen LogP contribution in [0.25, 0.3) is 22.9 Å². The number of nitrogen functional groups attached to an aromatic ring is 1. The maximum absolute atomic E-state index is 6.17. The van der Waals surface area contributed by atoms with Crippen LogP contribution in [0.2, 0.25) is 10.0 Å². The lowest BCUT2D eigenvalue weighted by Gasteiger charge is -2.21. The van der Waals surface area contributed by atoms with Crippen molar-refractivity contribution in [2.75, 3.05) is 5.73 Å². The molecule has 0 bridgehead atoms. The number of hydrogen-bond donors (Lipinski definition) is 1. The van der Waals surface area contributed by atoms with Crippen molar-refractivity contribution in [3.8, 4) is 11.3 Å². The SMILES string of the molecule is Nc1nc2c(c(-c3cccc(Cl)c3)n1)CCC/C2=C\c1cccc(Cl)c1. The Labute approximate surface area is 162 Å². The second kappa shape index (κ2) is 7.10. The van der Waals surface area contributed by atoms with Gasteiger partial charge in [0, 0.05) is 21.2 Å². The third-order valence-corrected chi connectivity index (χ3v) is 4.96. The summed E-state index contributed by atoms with van der Waals surface area (Å²) >= 11 is 12.3. The molecule has 130 valence electrons. The predicted molar refractivity (Wildman–Crippen MR) is 109 cm³/mol. The van der Waals surface area contributed by atoms with Gasteiger partial charge in [-0.2, -0.15) is 0 Å². The number of allylic oxidation sites excluding steroid dienone is 1. The van der Waals surface area contributed by atoms with Crippen LogP contribution < -0.4 is 5.73 Å². The van der Waals surface area contributed by atoms with Crippen LogP contribution in [-0.2, 0) is 6.42 Å². The van der Waals surface area contributed by atoms with Gasteiger partial charge in [0.05, 0.1) is 11.4 Å². The van der Waals surface area contributed by atoms with Crippen LogP contribution in [0.3, 0.4) is 0 Å². The molecule has 1 aliphatic rings. The van der Waals surface area contributed by atoms with Gasteiger partial charge in [0.25, 0.3) is 0 Å². The average Bonchev–Trinajstić information content (AvgIpc) is 2.62. The van der Waals surface area contributed by atoms with Crippen LogP contribution in [0, 0.1) is 0 Å². The van der Waals surface area contributed by atoms with E-state index in [0.29, 0.717) is 5.02 Å². The average molecular weight is 382 g/mol. The zero-order valence-electron chi connectivity index (χ0n) is 14.0. The van der Waals surface area contributed by atoms with E-state index in [2.05, 4.69) is 16.0 Å². The number of halogens is 2. The molecule has 26 heavy (non-hydrogen) atoms. The van der Waals surface area contributed by atoms with E-state index in [0.717, 1.165) is 57.9 Å². The fourth-order valence-electron chi connectivity index (χ4n) is 3.39. The molecule has 1 heterocycles. The monoisotopic (exact) mass is 381 g/mol. The second-order valence-corrected chi connectivity index (χ2v) is 7.22. The van der Waals surface area contributed by atoms with Crippen LogP contribution >= 0.6 is 23.2 Å². The first-order valence-corrected chi connectivity index (χ1v) is 9.24. The standard InChI is InChI=1S/C21H17Cl2N3/c22-16-7-1-4-13(11-16)10-14-6-3-9-18-19(14)25-21(24)26-20(18)15-5-2-8-17(23)12-15/h1-2,4-5,7-8,10-12H,3,6,9H2,(H2,24,25,26)/b14-10+. The Morgan fingerprint density at radius 2 is 1.62 bits per heavy atom. The highest BCUT2D eigenvalue weighted by Crippen LogP contribution is 2.37. The third kappa shape index (κ3) is 3.46. The molecule has 5 heteroatoms. The van der Waals surface area contributed by atoms with Gasteiger partial charge in [0.2, 0.25) is 5.95 Å². The molecule has 0 atom stereocenters. The van der Waals surface area contributed by atoms with Crippen LogP contribution in [0.4, 0.5) is 5.95 Å². The molecule has 0 radical (unpaired) electrons. The Hall–Kier alpha value is -2.36. The number of hydrogen-bond acceptors (Lipinski definition) is 3. The Kier molecular flexibility index (Phi) is 4.66. The molecule has 0 spiro atoms. The topological polar surface area (TPSA) is 51.8 Å². The normalized spacial score (nSPS) is 15.1. The highest BCUT2D eigenvalue weighted by atomic mass is 35.5. The van der Waals surface area contributed by atoms with Crippen molar-refractivity contribution in [3.05, 3.63) is 75.4 Å². The van der Waals surface area contributed by atoms with Crippen molar-refractivity contribution in [3.63, 3.8) is 0 Å². The number of rotatable bonds is 2. The van der Waals surface area contributed by atoms with E-state index in [9.17, 15) is 0 Å². The highest BCUT2D eigenvalue weighted by Gasteiger charge is 2.22. The van der Waals surface area contributed by atoms with Crippen molar-refractivity contribution in [2.45, 2.75) is 19.3 Å². The molecule has 3 nitrogen and oxygen atoms in total. The first-order valence-electron chi connectivity index (χ1n) is 8.49. The maximum atomic E-state index is 6.17. The summed E-state index contributed by atoms with van der Waals surface area (Å²) in [5.41, 5.74) is 12.1. The number of nitrogens with two attached hydrogens (primary N) is 1. The summed E-state index contributed by atoms with van der Waals surface area (Å²) in [5, 5.41) is 1.40. The minimum atomic E-state index is 0.276. The van der Waals surface area contributed by atoms with Crippen molar-refractivity contribution in [1.82, 2.24) is 9.97 Å². The van der Waals surface area contributed by atoms with E-state index in [-0.39, 0.29) is 5.95 Å². The van der Waals surface area contributed by atoms with Crippen LogP contribution in [-0.4, -0.2) is 9.97 Å². The lowest BCUT2D eigenvalue weighted by Crippen LogP contribution is -2.11. The number of anilines is 1. The Balaban J connectivity index is 1.87. The van der Waals surface area contributed by atoms with Gasteiger partial charge < -0.3 is 5.73 Å². The lowest BCUT2D eigenvalue weighted by atomic mass is 9.88. The third-order valence-electron chi connectivity index (χ3n) is 4.49. The lowest BCUT2D eigenvalue weighted by molar-refractivity contribution is 0.806. The van der Waals surface area contributed by atoms with Crippen molar-refractivity contribution in [2.24, 2.45) is 0 Å². The van der Waals surface area contributed by atoms with Gasteiger partial charge in [-0.05, 0) is 60.7 Å². The molecule has 4 rings (SSSR count). The van der Waals surface area contributed by atoms with E-state index in [1.807, 2.05) is 48.5 Å². The molecule has 0 saturated heterocycles. The van der Waals surface area contributed by atoms with Crippen LogP contribution in [0.15, 0.2) is 48.5 Å². The molecule has 3 aromatic rings. The smallest absolute Gasteiger partial charge is 0.221 e. The molecule has 0 aliphatic heterocycles. The maximum Gasteiger partial charge on any atom is 0.221 e. The Bertz CT molecular complexity index is 1010. The summed E-state index contributed by atoms with van der Waals surface area (Å²) in [4.78, 5) is 9.07. The van der Waals surface area contributed by atoms with Gasteiger partial charge in [-0.25, -0.2) is 9.97 Å². The minimum Gasteiger partial charge on any atom is -0.368 e. The highest BCUT2D eigenvalue weighted by molar-refractivity contribution is 6.31. The first kappa shape index (κ1) is 17.1. The Morgan fingerprint density at radius 3 is 2.38 bits per heavy atom. The minimum absolute atomic E-state index is 0.276. The first-order chi connectivity index (χ1) is 12.6. The van der Waals surface area contributed by atoms with E-state index >= 15 is 0 Å². The molecule has 1 aliphatic carbocycles. The van der Waals surface area contributed by atoms with Crippen molar-refractivity contribution in [1.29, 1.82) is 0 Å². The number of fused-ring (bicyclic) bond motifs is 1.